The van der Waals surface area contributed by atoms with E-state index in [0.717, 1.165) is 13.0 Å². The van der Waals surface area contributed by atoms with E-state index in [4.69, 9.17) is 1.41 Å². The maximum Gasteiger partial charge on any atom is 0.312 e. The van der Waals surface area contributed by atoms with Crippen molar-refractivity contribution in [3.8, 4) is 0 Å². The Morgan fingerprint density at radius 2 is 2.50 bits per heavy atom. The van der Waals surface area contributed by atoms with Crippen molar-refractivity contribution in [3.63, 3.8) is 0 Å². The number of hydrogen-bond donors (Lipinski definition) is 2. The summed E-state index contributed by atoms with van der Waals surface area (Å²) in [5.41, 5.74) is 1.74. The normalized spacial score (nSPS) is 10.9. The second-order valence-electron chi connectivity index (χ2n) is 2.41. The van der Waals surface area contributed by atoms with Gasteiger partial charge >= 0.3 is 6.03 Å². The summed E-state index contributed by atoms with van der Waals surface area (Å²) in [6.07, 6.45) is 0.903. The third kappa shape index (κ3) is 7.23. The molecule has 4 nitrogen and oxygen atoms in total. The van der Waals surface area contributed by atoms with Gasteiger partial charge in [-0.25, -0.2) is 4.79 Å². The van der Waals surface area contributed by atoms with E-state index in [0.29, 0.717) is 6.54 Å². The number of amides is 2. The van der Waals surface area contributed by atoms with Crippen LogP contribution in [0.3, 0.4) is 0 Å². The fraction of sp³-hybridized carbons (Fsp3) is 0.833. The molecule has 0 aromatic heterocycles. The van der Waals surface area contributed by atoms with Crippen molar-refractivity contribution in [1.82, 2.24) is 10.2 Å². The molecule has 2 amide bonds. The summed E-state index contributed by atoms with van der Waals surface area (Å²) in [5, 5.41) is 2.52. The lowest BCUT2D eigenvalue weighted by Crippen LogP contribution is -2.31. The summed E-state index contributed by atoms with van der Waals surface area (Å²) in [5.74, 6) is 0. The molecule has 0 aliphatic carbocycles. The number of carbonyl (C=O) groups excluding carboxylic acids is 1. The first-order valence-electron chi connectivity index (χ1n) is 3.77. The Morgan fingerprint density at radius 3 is 3.00 bits per heavy atom. The minimum atomic E-state index is -0.441. The number of carbonyl (C=O) groups is 1. The lowest BCUT2D eigenvalue weighted by atomic mass is 10.4. The first-order chi connectivity index (χ1) is 5.16. The fourth-order valence-corrected chi connectivity index (χ4v) is 0.597. The topological polar surface area (TPSA) is 58.4 Å². The summed E-state index contributed by atoms with van der Waals surface area (Å²) >= 11 is 0. The molecule has 10 heavy (non-hydrogen) atoms. The van der Waals surface area contributed by atoms with Crippen LogP contribution in [0.5, 0.6) is 0 Å². The van der Waals surface area contributed by atoms with Crippen LogP contribution in [0.25, 0.3) is 0 Å². The second-order valence-corrected chi connectivity index (χ2v) is 2.41. The van der Waals surface area contributed by atoms with Crippen molar-refractivity contribution in [2.75, 3.05) is 27.2 Å². The van der Waals surface area contributed by atoms with Gasteiger partial charge < -0.3 is 15.9 Å². The molecule has 0 fully saturated rings. The van der Waals surface area contributed by atoms with Crippen LogP contribution in [0, 0.1) is 0 Å². The molecule has 0 spiro atoms. The maximum atomic E-state index is 10.4. The Labute approximate surface area is 62.8 Å². The number of primary amides is 1. The highest BCUT2D eigenvalue weighted by molar-refractivity contribution is 5.71. The maximum absolute atomic E-state index is 10.4. The van der Waals surface area contributed by atoms with Gasteiger partial charge in [0.25, 0.3) is 0 Å². The molecule has 0 aliphatic heterocycles. The molecule has 0 bridgehead atoms. The van der Waals surface area contributed by atoms with Crippen LogP contribution >= 0.6 is 0 Å². The highest BCUT2D eigenvalue weighted by atomic mass is 16.2. The molecule has 0 rings (SSSR count). The molecular formula is C6H15N3O. The number of nitrogens with two attached hydrogens (primary N) is 1. The van der Waals surface area contributed by atoms with Crippen LogP contribution < -0.4 is 11.0 Å². The molecule has 0 atom stereocenters. The van der Waals surface area contributed by atoms with Crippen molar-refractivity contribution in [2.24, 2.45) is 5.73 Å². The number of hydrogen-bond acceptors (Lipinski definition) is 2. The Morgan fingerprint density at radius 1 is 1.80 bits per heavy atom. The number of urea groups is 1. The first kappa shape index (κ1) is 7.34. The average Bonchev–Trinajstić information content (AvgIpc) is 1.97. The van der Waals surface area contributed by atoms with E-state index in [-0.39, 0.29) is 0 Å². The largest absolute Gasteiger partial charge is 0.352 e. The van der Waals surface area contributed by atoms with Gasteiger partial charge in [0.1, 0.15) is 0 Å². The molecular weight excluding hydrogens is 130 g/mol. The quantitative estimate of drug-likeness (QED) is 0.530. The van der Waals surface area contributed by atoms with Gasteiger partial charge in [-0.1, -0.05) is 0 Å². The zero-order valence-electron chi connectivity index (χ0n) is 7.48. The van der Waals surface area contributed by atoms with Crippen molar-refractivity contribution >= 4 is 6.03 Å². The SMILES string of the molecule is [2H]NC(=O)NCCCN(C)C. The summed E-state index contributed by atoms with van der Waals surface area (Å²) < 4.78 is 6.46. The predicted molar refractivity (Wildman–Crippen MR) is 40.8 cm³/mol. The Kier molecular flexibility index (Phi) is 3.71. The van der Waals surface area contributed by atoms with Gasteiger partial charge in [-0.3, -0.25) is 0 Å². The lowest BCUT2D eigenvalue weighted by molar-refractivity contribution is 0.248. The summed E-state index contributed by atoms with van der Waals surface area (Å²) in [4.78, 5) is 12.5. The van der Waals surface area contributed by atoms with E-state index >= 15 is 0 Å². The van der Waals surface area contributed by atoms with Crippen molar-refractivity contribution in [1.29, 1.82) is 0 Å². The average molecular weight is 146 g/mol. The predicted octanol–water partition coefficient (Wildman–Crippen LogP) is -0.394. The molecule has 0 aromatic carbocycles. The Bertz CT molecular complexity index is 118. The summed E-state index contributed by atoms with van der Waals surface area (Å²) in [6, 6.07) is -0.441. The number of nitrogens with one attached hydrogen (secondary N) is 1. The van der Waals surface area contributed by atoms with E-state index in [1.807, 2.05) is 19.0 Å². The van der Waals surface area contributed by atoms with Gasteiger partial charge in [-0.2, -0.15) is 0 Å². The molecule has 0 saturated heterocycles. The number of nitrogens with zero attached hydrogens (tertiary/aromatic N) is 1. The van der Waals surface area contributed by atoms with Crippen LogP contribution in [0.15, 0.2) is 0 Å². The van der Waals surface area contributed by atoms with Crippen LogP contribution in [-0.2, 0) is 0 Å². The standard InChI is InChI=1S/C6H15N3O/c1-9(2)5-3-4-8-6(7)10/h3-5H2,1-2H3,(H3,7,8,10)/i/hD. The molecule has 0 unspecified atom stereocenters. The van der Waals surface area contributed by atoms with Gasteiger partial charge in [0, 0.05) is 6.54 Å². The van der Waals surface area contributed by atoms with Crippen LogP contribution in [0.1, 0.15) is 6.42 Å². The molecule has 0 aromatic rings. The van der Waals surface area contributed by atoms with Gasteiger partial charge in [-0.05, 0) is 27.1 Å². The van der Waals surface area contributed by atoms with Gasteiger partial charge in [0.15, 0.2) is 1.41 Å². The van der Waals surface area contributed by atoms with E-state index in [1.165, 1.54) is 0 Å². The highest BCUT2D eigenvalue weighted by Crippen LogP contribution is 1.79. The van der Waals surface area contributed by atoms with Crippen molar-refractivity contribution < 1.29 is 6.21 Å². The number of rotatable bonds is 4. The Hall–Kier alpha value is -0.770. The molecule has 60 valence electrons. The second kappa shape index (κ2) is 5.05. The van der Waals surface area contributed by atoms with E-state index < -0.39 is 6.03 Å². The zero-order valence-corrected chi connectivity index (χ0v) is 6.48. The van der Waals surface area contributed by atoms with Gasteiger partial charge in [0.05, 0.1) is 0 Å². The smallest absolute Gasteiger partial charge is 0.312 e. The molecule has 0 saturated carbocycles. The monoisotopic (exact) mass is 146 g/mol. The van der Waals surface area contributed by atoms with E-state index in [1.54, 1.807) is 5.73 Å². The third-order valence-corrected chi connectivity index (χ3v) is 1.07. The van der Waals surface area contributed by atoms with Crippen molar-refractivity contribution in [3.05, 3.63) is 0 Å². The molecule has 3 N–H and O–H groups in total. The third-order valence-electron chi connectivity index (χ3n) is 1.07. The fourth-order valence-electron chi connectivity index (χ4n) is 0.597. The van der Waals surface area contributed by atoms with Gasteiger partial charge in [0.2, 0.25) is 0 Å². The van der Waals surface area contributed by atoms with E-state index in [2.05, 4.69) is 5.32 Å². The van der Waals surface area contributed by atoms with E-state index in [9.17, 15) is 4.79 Å². The molecule has 0 radical (unpaired) electrons. The molecule has 4 heteroatoms. The van der Waals surface area contributed by atoms with Crippen LogP contribution in [-0.4, -0.2) is 38.1 Å². The first-order valence-corrected chi connectivity index (χ1v) is 3.27. The summed E-state index contributed by atoms with van der Waals surface area (Å²) in [6.45, 7) is 1.56. The summed E-state index contributed by atoms with van der Waals surface area (Å²) in [7, 11) is 3.95. The van der Waals surface area contributed by atoms with Crippen LogP contribution in [0.4, 0.5) is 4.79 Å². The minimum Gasteiger partial charge on any atom is -0.352 e. The molecule has 0 heterocycles. The van der Waals surface area contributed by atoms with Crippen LogP contribution in [0.2, 0.25) is 1.41 Å². The van der Waals surface area contributed by atoms with Gasteiger partial charge in [-0.15, -0.1) is 0 Å². The van der Waals surface area contributed by atoms with Crippen molar-refractivity contribution in [2.45, 2.75) is 6.42 Å². The minimum absolute atomic E-state index is 0.441. The zero-order chi connectivity index (χ0) is 8.69. The lowest BCUT2D eigenvalue weighted by Gasteiger charge is -2.08. The highest BCUT2D eigenvalue weighted by Gasteiger charge is 1.91. The molecule has 0 aliphatic rings. The Balaban J connectivity index is 3.08.